The first kappa shape index (κ1) is 32.9. The molecule has 168 valence electrons. The number of halogens is 3. The molecule has 3 aromatic rings. The second-order valence-corrected chi connectivity index (χ2v) is 6.31. The van der Waals surface area contributed by atoms with Gasteiger partial charge in [-0.2, -0.15) is 15.0 Å². The van der Waals surface area contributed by atoms with E-state index in [9.17, 15) is 0 Å². The standard InChI is InChI=1S/3C7H11N2.3BrH/c3*1-8(2)9-6-4-3-5-7-9;;;/h3*3-7H,1-2H3;3*1H/q3*+1;;;/p-3. The molecule has 0 saturated heterocycles. The lowest BCUT2D eigenvalue weighted by Gasteiger charge is -2.02. The van der Waals surface area contributed by atoms with E-state index < -0.39 is 0 Å². The van der Waals surface area contributed by atoms with Gasteiger partial charge in [-0.1, -0.05) is 32.2 Å². The van der Waals surface area contributed by atoms with Crippen molar-refractivity contribution in [1.82, 2.24) is 0 Å². The lowest BCUT2D eigenvalue weighted by molar-refractivity contribution is -0.687. The van der Waals surface area contributed by atoms with Crippen LogP contribution >= 0.6 is 0 Å². The van der Waals surface area contributed by atoms with E-state index >= 15 is 0 Å². The van der Waals surface area contributed by atoms with Crippen LogP contribution < -0.4 is 80.0 Å². The summed E-state index contributed by atoms with van der Waals surface area (Å²) in [5.41, 5.74) is 0. The molecular weight excluding hydrogens is 576 g/mol. The van der Waals surface area contributed by atoms with Gasteiger partial charge in [0.05, 0.1) is 42.3 Å². The minimum absolute atomic E-state index is 0. The van der Waals surface area contributed by atoms with Crippen LogP contribution in [0, 0.1) is 0 Å². The molecule has 30 heavy (non-hydrogen) atoms. The Morgan fingerprint density at radius 1 is 0.333 bits per heavy atom. The molecule has 9 heteroatoms. The summed E-state index contributed by atoms with van der Waals surface area (Å²) < 4.78 is 6.00. The predicted molar refractivity (Wildman–Crippen MR) is 110 cm³/mol. The Balaban J connectivity index is -0.000000347. The summed E-state index contributed by atoms with van der Waals surface area (Å²) in [5.74, 6) is 0. The van der Waals surface area contributed by atoms with Gasteiger partial charge in [0.1, 0.15) is 0 Å². The minimum Gasteiger partial charge on any atom is -1.00 e. The van der Waals surface area contributed by atoms with Crippen LogP contribution in [0.4, 0.5) is 0 Å². The van der Waals surface area contributed by atoms with Gasteiger partial charge in [0.25, 0.3) is 0 Å². The topological polar surface area (TPSA) is 21.4 Å². The Bertz CT molecular complexity index is 626. The molecule has 3 rings (SSSR count). The molecule has 3 heterocycles. The summed E-state index contributed by atoms with van der Waals surface area (Å²) in [6.45, 7) is 0. The zero-order chi connectivity index (χ0) is 20.1. The first-order valence-electron chi connectivity index (χ1n) is 8.83. The summed E-state index contributed by atoms with van der Waals surface area (Å²) in [5, 5.41) is 6.00. The number of hydrogen-bond acceptors (Lipinski definition) is 3. The van der Waals surface area contributed by atoms with Crippen molar-refractivity contribution in [2.24, 2.45) is 0 Å². The molecule has 0 bridgehead atoms. The molecule has 0 aliphatic carbocycles. The zero-order valence-corrected chi connectivity index (χ0v) is 23.2. The molecule has 0 fully saturated rings. The molecule has 0 unspecified atom stereocenters. The molecule has 0 amide bonds. The number of nitrogens with zero attached hydrogens (tertiary/aromatic N) is 6. The van der Waals surface area contributed by atoms with Crippen LogP contribution in [-0.2, 0) is 0 Å². The summed E-state index contributed by atoms with van der Waals surface area (Å²) in [6.07, 6.45) is 12.0. The van der Waals surface area contributed by atoms with Crippen molar-refractivity contribution in [3.8, 4) is 0 Å². The van der Waals surface area contributed by atoms with Crippen molar-refractivity contribution < 1.29 is 65.0 Å². The van der Waals surface area contributed by atoms with Crippen molar-refractivity contribution in [3.63, 3.8) is 0 Å². The van der Waals surface area contributed by atoms with Gasteiger partial charge in [-0.25, -0.2) is 0 Å². The molecule has 0 N–H and O–H groups in total. The summed E-state index contributed by atoms with van der Waals surface area (Å²) in [6, 6.07) is 18.0. The fraction of sp³-hybridized carbons (Fsp3) is 0.286. The molecule has 0 spiro atoms. The molecule has 6 nitrogen and oxygen atoms in total. The van der Waals surface area contributed by atoms with Crippen molar-refractivity contribution in [2.75, 3.05) is 57.3 Å². The molecule has 0 saturated carbocycles. The maximum Gasteiger partial charge on any atom is 0.199 e. The van der Waals surface area contributed by atoms with Crippen molar-refractivity contribution in [3.05, 3.63) is 91.8 Å². The molecule has 0 aliphatic heterocycles. The number of pyridine rings is 3. The highest BCUT2D eigenvalue weighted by molar-refractivity contribution is 4.85. The Hall–Kier alpha value is -1.71. The van der Waals surface area contributed by atoms with Crippen molar-refractivity contribution >= 4 is 0 Å². The Kier molecular flexibility index (Phi) is 21.2. The van der Waals surface area contributed by atoms with Crippen LogP contribution in [-0.4, -0.2) is 42.3 Å². The largest absolute Gasteiger partial charge is 1.00 e. The van der Waals surface area contributed by atoms with E-state index in [4.69, 9.17) is 0 Å². The highest BCUT2D eigenvalue weighted by Crippen LogP contribution is 1.76. The molecule has 0 atom stereocenters. The first-order valence-corrected chi connectivity index (χ1v) is 8.83. The van der Waals surface area contributed by atoms with Gasteiger partial charge in [0.2, 0.25) is 0 Å². The Morgan fingerprint density at radius 3 is 0.600 bits per heavy atom. The first-order chi connectivity index (χ1) is 12.9. The maximum atomic E-state index is 2.00. The second-order valence-electron chi connectivity index (χ2n) is 6.31. The summed E-state index contributed by atoms with van der Waals surface area (Å²) in [7, 11) is 12.0. The van der Waals surface area contributed by atoms with Crippen LogP contribution in [0.2, 0.25) is 0 Å². The third-order valence-corrected chi connectivity index (χ3v) is 3.49. The fourth-order valence-corrected chi connectivity index (χ4v) is 1.97. The molecule has 0 aromatic carbocycles. The monoisotopic (exact) mass is 606 g/mol. The Labute approximate surface area is 213 Å². The number of hydrogen-bond donors (Lipinski definition) is 0. The van der Waals surface area contributed by atoms with Gasteiger partial charge >= 0.3 is 0 Å². The van der Waals surface area contributed by atoms with E-state index in [1.807, 2.05) is 163 Å². The quantitative estimate of drug-likeness (QED) is 0.276. The smallest absolute Gasteiger partial charge is 0.199 e. The molecule has 0 radical (unpaired) electrons. The van der Waals surface area contributed by atoms with Crippen LogP contribution in [0.25, 0.3) is 0 Å². The summed E-state index contributed by atoms with van der Waals surface area (Å²) in [4.78, 5) is 0. The number of rotatable bonds is 3. The summed E-state index contributed by atoms with van der Waals surface area (Å²) >= 11 is 0. The fourth-order valence-electron chi connectivity index (χ4n) is 1.97. The lowest BCUT2D eigenvalue weighted by atomic mass is 10.5. The van der Waals surface area contributed by atoms with E-state index in [0.29, 0.717) is 0 Å². The van der Waals surface area contributed by atoms with Crippen LogP contribution in [0.15, 0.2) is 91.8 Å². The van der Waals surface area contributed by atoms with Gasteiger partial charge < -0.3 is 50.9 Å². The SMILES string of the molecule is CN(C)[n+]1ccccc1.CN(C)[n+]1ccccc1.CN(C)[n+]1ccccc1.[Br-].[Br-].[Br-]. The molecule has 3 aromatic heterocycles. The predicted octanol–water partition coefficient (Wildman–Crippen LogP) is -8.47. The third kappa shape index (κ3) is 14.3. The maximum absolute atomic E-state index is 2.00. The van der Waals surface area contributed by atoms with E-state index in [-0.39, 0.29) is 50.9 Å². The highest BCUT2D eigenvalue weighted by atomic mass is 79.9. The average molecular weight is 609 g/mol. The van der Waals surface area contributed by atoms with Crippen molar-refractivity contribution in [1.29, 1.82) is 0 Å². The van der Waals surface area contributed by atoms with Gasteiger partial charge in [-0.15, -0.1) is 0 Å². The van der Waals surface area contributed by atoms with E-state index in [1.54, 1.807) is 0 Å². The number of aromatic nitrogens is 3. The van der Waals surface area contributed by atoms with Crippen molar-refractivity contribution in [2.45, 2.75) is 0 Å². The van der Waals surface area contributed by atoms with E-state index in [0.717, 1.165) is 0 Å². The van der Waals surface area contributed by atoms with Crippen LogP contribution in [0.3, 0.4) is 0 Å². The normalized spacial score (nSPS) is 8.20. The van der Waals surface area contributed by atoms with Crippen LogP contribution in [0.1, 0.15) is 0 Å². The lowest BCUT2D eigenvalue weighted by Crippen LogP contribution is -3.00. The highest BCUT2D eigenvalue weighted by Gasteiger charge is 1.96. The Morgan fingerprint density at radius 2 is 0.500 bits per heavy atom. The molecule has 0 aliphatic rings. The second kappa shape index (κ2) is 19.3. The van der Waals surface area contributed by atoms with E-state index in [1.165, 1.54) is 0 Å². The van der Waals surface area contributed by atoms with Gasteiger partial charge in [-0.3, -0.25) is 0 Å². The minimum atomic E-state index is 0. The van der Waals surface area contributed by atoms with Gasteiger partial charge in [-0.05, 0) is 0 Å². The van der Waals surface area contributed by atoms with Crippen LogP contribution in [0.5, 0.6) is 0 Å². The average Bonchev–Trinajstić information content (AvgIpc) is 2.71. The third-order valence-electron chi connectivity index (χ3n) is 3.49. The molecular formula is C21H33Br3N6. The van der Waals surface area contributed by atoms with Gasteiger partial charge in [0, 0.05) is 36.4 Å². The zero-order valence-electron chi connectivity index (χ0n) is 18.5. The van der Waals surface area contributed by atoms with Gasteiger partial charge in [0.15, 0.2) is 37.2 Å². The van der Waals surface area contributed by atoms with E-state index in [2.05, 4.69) is 0 Å².